The number of aryl methyl sites for hydroxylation is 1. The summed E-state index contributed by atoms with van der Waals surface area (Å²) in [6.45, 7) is 3.29. The number of hydrogen-bond donors (Lipinski definition) is 1. The fourth-order valence-electron chi connectivity index (χ4n) is 7.36. The standard InChI is InChI=1S/C28H36O4/c1-28-14-12-23-22-9-6-20(29)16-18(22)4-8-24(23)25(28)10-5-19(28)13-15-32-26-11-7-21(30-2)17-27(26)31-3/h6-7,9,11,16-17,19,23-25,29H,4-5,8,10,12-15H2,1-3H3/t19-,23?,24?,25?,28?/m1/s1. The molecule has 0 radical (unpaired) electrons. The zero-order chi connectivity index (χ0) is 22.3. The van der Waals surface area contributed by atoms with Crippen LogP contribution in [0.15, 0.2) is 36.4 Å². The van der Waals surface area contributed by atoms with Gasteiger partial charge in [0.15, 0.2) is 11.5 Å². The Morgan fingerprint density at radius 1 is 0.969 bits per heavy atom. The average molecular weight is 437 g/mol. The quantitative estimate of drug-likeness (QED) is 0.573. The van der Waals surface area contributed by atoms with Crippen LogP contribution in [0.2, 0.25) is 0 Å². The average Bonchev–Trinajstić information content (AvgIpc) is 3.15. The van der Waals surface area contributed by atoms with Crippen LogP contribution in [-0.2, 0) is 6.42 Å². The summed E-state index contributed by atoms with van der Waals surface area (Å²) < 4.78 is 17.0. The highest BCUT2D eigenvalue weighted by atomic mass is 16.5. The molecule has 2 saturated carbocycles. The second kappa shape index (κ2) is 8.53. The Hall–Kier alpha value is -2.36. The number of rotatable bonds is 6. The molecule has 0 aliphatic heterocycles. The van der Waals surface area contributed by atoms with E-state index in [1.54, 1.807) is 14.2 Å². The molecule has 3 aliphatic carbocycles. The van der Waals surface area contributed by atoms with Crippen LogP contribution in [0.3, 0.4) is 0 Å². The van der Waals surface area contributed by atoms with Crippen LogP contribution in [0.4, 0.5) is 0 Å². The first kappa shape index (κ1) is 21.5. The second-order valence-electron chi connectivity index (χ2n) is 10.3. The van der Waals surface area contributed by atoms with E-state index in [1.165, 1.54) is 43.2 Å². The lowest BCUT2D eigenvalue weighted by Crippen LogP contribution is -2.42. The Morgan fingerprint density at radius 2 is 1.84 bits per heavy atom. The van der Waals surface area contributed by atoms with Crippen molar-refractivity contribution in [2.75, 3.05) is 20.8 Å². The molecule has 1 N–H and O–H groups in total. The van der Waals surface area contributed by atoms with Gasteiger partial charge in [-0.2, -0.15) is 0 Å². The molecule has 2 aromatic rings. The van der Waals surface area contributed by atoms with Crippen LogP contribution >= 0.6 is 0 Å². The normalized spacial score (nSPS) is 30.7. The minimum atomic E-state index is 0.414. The lowest BCUT2D eigenvalue weighted by Gasteiger charge is -2.51. The van der Waals surface area contributed by atoms with Gasteiger partial charge < -0.3 is 19.3 Å². The Morgan fingerprint density at radius 3 is 2.66 bits per heavy atom. The molecule has 5 atom stereocenters. The first-order valence-electron chi connectivity index (χ1n) is 12.2. The lowest BCUT2D eigenvalue weighted by molar-refractivity contribution is 0.0219. The summed E-state index contributed by atoms with van der Waals surface area (Å²) in [5, 5.41) is 9.91. The minimum absolute atomic E-state index is 0.414. The van der Waals surface area contributed by atoms with Gasteiger partial charge in [-0.1, -0.05) is 13.0 Å². The Balaban J connectivity index is 1.25. The van der Waals surface area contributed by atoms with Crippen LogP contribution in [0.5, 0.6) is 23.0 Å². The molecular formula is C28H36O4. The number of hydrogen-bond acceptors (Lipinski definition) is 4. The molecule has 0 heterocycles. The van der Waals surface area contributed by atoms with Crippen molar-refractivity contribution in [3.63, 3.8) is 0 Å². The van der Waals surface area contributed by atoms with Crippen molar-refractivity contribution in [2.45, 2.75) is 57.8 Å². The summed E-state index contributed by atoms with van der Waals surface area (Å²) in [7, 11) is 3.34. The van der Waals surface area contributed by atoms with Crippen molar-refractivity contribution >= 4 is 0 Å². The van der Waals surface area contributed by atoms with Crippen LogP contribution in [-0.4, -0.2) is 25.9 Å². The van der Waals surface area contributed by atoms with E-state index in [1.807, 2.05) is 30.3 Å². The Bertz CT molecular complexity index is 970. The maximum Gasteiger partial charge on any atom is 0.164 e. The van der Waals surface area contributed by atoms with Crippen LogP contribution in [0, 0.1) is 23.2 Å². The van der Waals surface area contributed by atoms with E-state index in [2.05, 4.69) is 13.0 Å². The highest BCUT2D eigenvalue weighted by Gasteiger charge is 2.54. The molecule has 5 rings (SSSR count). The van der Waals surface area contributed by atoms with Crippen molar-refractivity contribution < 1.29 is 19.3 Å². The highest BCUT2D eigenvalue weighted by Crippen LogP contribution is 2.63. The molecule has 4 unspecified atom stereocenters. The van der Waals surface area contributed by atoms with Crippen molar-refractivity contribution in [2.24, 2.45) is 23.2 Å². The zero-order valence-electron chi connectivity index (χ0n) is 19.6. The molecule has 0 aromatic heterocycles. The topological polar surface area (TPSA) is 47.9 Å². The predicted molar refractivity (Wildman–Crippen MR) is 126 cm³/mol. The lowest BCUT2D eigenvalue weighted by atomic mass is 9.54. The van der Waals surface area contributed by atoms with E-state index < -0.39 is 0 Å². The van der Waals surface area contributed by atoms with Gasteiger partial charge in [0.05, 0.1) is 20.8 Å². The molecule has 32 heavy (non-hydrogen) atoms. The van der Waals surface area contributed by atoms with Crippen molar-refractivity contribution in [3.8, 4) is 23.0 Å². The number of phenols is 1. The van der Waals surface area contributed by atoms with Gasteiger partial charge >= 0.3 is 0 Å². The largest absolute Gasteiger partial charge is 0.508 e. The highest BCUT2D eigenvalue weighted by molar-refractivity contribution is 5.45. The summed E-state index contributed by atoms with van der Waals surface area (Å²) in [6, 6.07) is 11.8. The molecule has 0 bridgehead atoms. The molecule has 0 saturated heterocycles. The molecule has 4 heteroatoms. The SMILES string of the molecule is COc1ccc(OCC[C@H]2CCC3C4CCc5cc(O)ccc5C4CCC32C)c(OC)c1. The van der Waals surface area contributed by atoms with Crippen molar-refractivity contribution in [1.29, 1.82) is 0 Å². The van der Waals surface area contributed by atoms with Crippen LogP contribution in [0.1, 0.15) is 62.5 Å². The maximum absolute atomic E-state index is 9.91. The van der Waals surface area contributed by atoms with E-state index in [0.717, 1.165) is 54.5 Å². The maximum atomic E-state index is 9.91. The number of phenolic OH excluding ortho intramolecular Hbond substituents is 1. The summed E-state index contributed by atoms with van der Waals surface area (Å²) in [4.78, 5) is 0. The van der Waals surface area contributed by atoms with E-state index in [-0.39, 0.29) is 0 Å². The van der Waals surface area contributed by atoms with Crippen molar-refractivity contribution in [3.05, 3.63) is 47.5 Å². The van der Waals surface area contributed by atoms with E-state index in [0.29, 0.717) is 17.1 Å². The van der Waals surface area contributed by atoms with Gasteiger partial charge in [-0.05, 0) is 109 Å². The monoisotopic (exact) mass is 436 g/mol. The Kier molecular flexibility index (Phi) is 5.73. The summed E-state index contributed by atoms with van der Waals surface area (Å²) >= 11 is 0. The fourth-order valence-corrected chi connectivity index (χ4v) is 7.36. The van der Waals surface area contributed by atoms with Crippen molar-refractivity contribution in [1.82, 2.24) is 0 Å². The molecule has 3 aliphatic rings. The van der Waals surface area contributed by atoms with Gasteiger partial charge in [-0.3, -0.25) is 0 Å². The van der Waals surface area contributed by atoms with E-state index in [9.17, 15) is 5.11 Å². The molecule has 4 nitrogen and oxygen atoms in total. The zero-order valence-corrected chi connectivity index (χ0v) is 19.6. The summed E-state index contributed by atoms with van der Waals surface area (Å²) in [5.74, 6) is 5.71. The van der Waals surface area contributed by atoms with Gasteiger partial charge in [-0.15, -0.1) is 0 Å². The Labute approximate surface area is 191 Å². The smallest absolute Gasteiger partial charge is 0.164 e. The third-order valence-corrected chi connectivity index (χ3v) is 9.00. The molecule has 172 valence electrons. The first-order valence-corrected chi connectivity index (χ1v) is 12.2. The van der Waals surface area contributed by atoms with Crippen LogP contribution < -0.4 is 14.2 Å². The molecule has 2 aromatic carbocycles. The number of fused-ring (bicyclic) bond motifs is 5. The number of ether oxygens (including phenoxy) is 3. The fraction of sp³-hybridized carbons (Fsp3) is 0.571. The molecule has 0 spiro atoms. The van der Waals surface area contributed by atoms with Crippen LogP contribution in [0.25, 0.3) is 0 Å². The number of benzene rings is 2. The summed E-state index contributed by atoms with van der Waals surface area (Å²) in [5.41, 5.74) is 3.31. The molecular weight excluding hydrogens is 400 g/mol. The van der Waals surface area contributed by atoms with Gasteiger partial charge in [-0.25, -0.2) is 0 Å². The molecule has 0 amide bonds. The van der Waals surface area contributed by atoms with Gasteiger partial charge in [0.2, 0.25) is 0 Å². The number of methoxy groups -OCH3 is 2. The molecule has 2 fully saturated rings. The third-order valence-electron chi connectivity index (χ3n) is 9.00. The summed E-state index contributed by atoms with van der Waals surface area (Å²) in [6.07, 6.45) is 8.73. The van der Waals surface area contributed by atoms with Gasteiger partial charge in [0.1, 0.15) is 11.5 Å². The predicted octanol–water partition coefficient (Wildman–Crippen LogP) is 6.35. The van der Waals surface area contributed by atoms with E-state index in [4.69, 9.17) is 14.2 Å². The number of aromatic hydroxyl groups is 1. The van der Waals surface area contributed by atoms with Gasteiger partial charge in [0.25, 0.3) is 0 Å². The second-order valence-corrected chi connectivity index (χ2v) is 10.3. The van der Waals surface area contributed by atoms with E-state index >= 15 is 0 Å². The van der Waals surface area contributed by atoms with Gasteiger partial charge in [0, 0.05) is 6.07 Å². The third kappa shape index (κ3) is 3.62. The first-order chi connectivity index (χ1) is 15.5. The minimum Gasteiger partial charge on any atom is -0.508 e.